The van der Waals surface area contributed by atoms with Gasteiger partial charge in [0.2, 0.25) is 0 Å². The lowest BCUT2D eigenvalue weighted by atomic mass is 10.2. The molecule has 0 unspecified atom stereocenters. The summed E-state index contributed by atoms with van der Waals surface area (Å²) in [6, 6.07) is 4.67. The highest BCUT2D eigenvalue weighted by Crippen LogP contribution is 2.13. The minimum Gasteiger partial charge on any atom is -0.271 e. The van der Waals surface area contributed by atoms with Crippen LogP contribution in [0.5, 0.6) is 0 Å². The van der Waals surface area contributed by atoms with E-state index in [0.717, 1.165) is 18.4 Å². The van der Waals surface area contributed by atoms with Gasteiger partial charge in [-0.2, -0.15) is 5.10 Å². The number of fused-ring (bicyclic) bond motifs is 1. The molecule has 0 atom stereocenters. The molecule has 1 heterocycles. The maximum atomic E-state index is 13.0. The quantitative estimate of drug-likeness (QED) is 0.597. The molecule has 1 aromatic heterocycles. The third-order valence-corrected chi connectivity index (χ3v) is 3.37. The summed E-state index contributed by atoms with van der Waals surface area (Å²) in [6.07, 6.45) is 2.73. The summed E-state index contributed by atoms with van der Waals surface area (Å²) in [5, 5.41) is 5.29. The van der Waals surface area contributed by atoms with Gasteiger partial charge in [-0.3, -0.25) is 4.68 Å². The molecule has 2 aromatic rings. The monoisotopic (exact) mass is 260 g/mol. The molecule has 0 aliphatic carbocycles. The number of nitrogens with zero attached hydrogens (tertiary/aromatic N) is 2. The summed E-state index contributed by atoms with van der Waals surface area (Å²) < 4.78 is 14.9. The van der Waals surface area contributed by atoms with Crippen molar-refractivity contribution in [3.63, 3.8) is 0 Å². The number of aryl methyl sites for hydroxylation is 1. The Kier molecular flexibility index (Phi) is 3.53. The number of aromatic nitrogens is 2. The van der Waals surface area contributed by atoms with Crippen LogP contribution in [0.1, 0.15) is 6.42 Å². The van der Waals surface area contributed by atoms with Crippen molar-refractivity contribution in [3.05, 3.63) is 30.2 Å². The molecule has 2 nitrogen and oxygen atoms in total. The Morgan fingerprint density at radius 3 is 2.83 bits per heavy atom. The van der Waals surface area contributed by atoms with Gasteiger partial charge in [-0.05, 0) is 12.1 Å². The molecule has 0 saturated carbocycles. The van der Waals surface area contributed by atoms with Crippen molar-refractivity contribution in [3.8, 4) is 11.5 Å². The highest BCUT2D eigenvalue weighted by molar-refractivity contribution is 6.83. The van der Waals surface area contributed by atoms with Crippen molar-refractivity contribution < 1.29 is 4.39 Å². The maximum absolute atomic E-state index is 13.0. The lowest BCUT2D eigenvalue weighted by Gasteiger charge is -2.03. The predicted octanol–water partition coefficient (Wildman–Crippen LogP) is 3.45. The third-order valence-electron chi connectivity index (χ3n) is 2.45. The zero-order chi connectivity index (χ0) is 13.2. The molecule has 94 valence electrons. The van der Waals surface area contributed by atoms with Crippen molar-refractivity contribution in [1.29, 1.82) is 0 Å². The molecule has 0 N–H and O–H groups in total. The number of rotatable bonds is 2. The van der Waals surface area contributed by atoms with Gasteiger partial charge in [0.1, 0.15) is 13.9 Å². The maximum Gasteiger partial charge on any atom is 0.129 e. The third kappa shape index (κ3) is 3.44. The molecule has 2 rings (SSSR count). The number of hydrogen-bond acceptors (Lipinski definition) is 1. The first-order valence-electron chi connectivity index (χ1n) is 6.07. The predicted molar refractivity (Wildman–Crippen MR) is 75.4 cm³/mol. The van der Waals surface area contributed by atoms with Crippen LogP contribution in [0.3, 0.4) is 0 Å². The molecule has 1 aromatic carbocycles. The van der Waals surface area contributed by atoms with E-state index in [-0.39, 0.29) is 5.82 Å². The fraction of sp³-hybridized carbons (Fsp3) is 0.357. The Morgan fingerprint density at radius 1 is 1.33 bits per heavy atom. The van der Waals surface area contributed by atoms with Crippen molar-refractivity contribution in [2.24, 2.45) is 0 Å². The van der Waals surface area contributed by atoms with Gasteiger partial charge in [0, 0.05) is 24.1 Å². The van der Waals surface area contributed by atoms with Crippen molar-refractivity contribution in [2.45, 2.75) is 32.6 Å². The molecule has 0 spiro atoms. The average molecular weight is 260 g/mol. The van der Waals surface area contributed by atoms with Gasteiger partial charge in [-0.1, -0.05) is 19.6 Å². The smallest absolute Gasteiger partial charge is 0.129 e. The zero-order valence-electron chi connectivity index (χ0n) is 11.0. The summed E-state index contributed by atoms with van der Waals surface area (Å²) in [4.78, 5) is 0. The van der Waals surface area contributed by atoms with E-state index < -0.39 is 8.07 Å². The SMILES string of the molecule is C[Si](C)(C)C#CCCn1cc2ccc(F)cc2n1. The summed E-state index contributed by atoms with van der Waals surface area (Å²) in [6.45, 7) is 7.44. The van der Waals surface area contributed by atoms with E-state index in [9.17, 15) is 4.39 Å². The fourth-order valence-corrected chi connectivity index (χ4v) is 2.31. The molecule has 4 heteroatoms. The highest BCUT2D eigenvalue weighted by Gasteiger charge is 2.07. The molecule has 0 amide bonds. The van der Waals surface area contributed by atoms with Gasteiger partial charge in [-0.15, -0.1) is 11.5 Å². The van der Waals surface area contributed by atoms with E-state index in [1.807, 2.05) is 10.9 Å². The van der Waals surface area contributed by atoms with Gasteiger partial charge in [0.05, 0.1) is 12.1 Å². The minimum atomic E-state index is -1.28. The first-order chi connectivity index (χ1) is 8.44. The zero-order valence-corrected chi connectivity index (χ0v) is 12.0. The molecule has 0 saturated heterocycles. The van der Waals surface area contributed by atoms with E-state index in [0.29, 0.717) is 5.52 Å². The number of halogens is 1. The highest BCUT2D eigenvalue weighted by atomic mass is 28.3. The van der Waals surface area contributed by atoms with Crippen LogP contribution in [-0.2, 0) is 6.54 Å². The minimum absolute atomic E-state index is 0.244. The molecule has 0 radical (unpaired) electrons. The van der Waals surface area contributed by atoms with Crippen LogP contribution in [0.4, 0.5) is 4.39 Å². The van der Waals surface area contributed by atoms with Crippen molar-refractivity contribution in [1.82, 2.24) is 9.78 Å². The van der Waals surface area contributed by atoms with Crippen LogP contribution in [0.15, 0.2) is 24.4 Å². The van der Waals surface area contributed by atoms with Crippen LogP contribution in [0, 0.1) is 17.3 Å². The van der Waals surface area contributed by atoms with Gasteiger partial charge in [-0.25, -0.2) is 4.39 Å². The van der Waals surface area contributed by atoms with E-state index in [1.165, 1.54) is 12.1 Å². The fourth-order valence-electron chi connectivity index (χ4n) is 1.65. The molecule has 0 bridgehead atoms. The second-order valence-electron chi connectivity index (χ2n) is 5.40. The summed E-state index contributed by atoms with van der Waals surface area (Å²) >= 11 is 0. The topological polar surface area (TPSA) is 17.8 Å². The van der Waals surface area contributed by atoms with Crippen molar-refractivity contribution in [2.75, 3.05) is 0 Å². The summed E-state index contributed by atoms with van der Waals surface area (Å²) in [7, 11) is -1.28. The van der Waals surface area contributed by atoms with Crippen LogP contribution >= 0.6 is 0 Å². The molecule has 0 aliphatic rings. The molecular weight excluding hydrogens is 243 g/mol. The Bertz CT molecular complexity index is 614. The van der Waals surface area contributed by atoms with E-state index in [1.54, 1.807) is 6.07 Å². The molecular formula is C14H17FN2Si. The molecule has 0 fully saturated rings. The summed E-state index contributed by atoms with van der Waals surface area (Å²) in [5.41, 5.74) is 4.02. The van der Waals surface area contributed by atoms with Crippen LogP contribution in [0.25, 0.3) is 10.9 Å². The number of hydrogen-bond donors (Lipinski definition) is 0. The first-order valence-corrected chi connectivity index (χ1v) is 9.57. The Morgan fingerprint density at radius 2 is 2.11 bits per heavy atom. The lowest BCUT2D eigenvalue weighted by molar-refractivity contribution is 0.625. The Hall–Kier alpha value is -1.60. The average Bonchev–Trinajstić information content (AvgIpc) is 2.65. The second kappa shape index (κ2) is 4.95. The molecule has 18 heavy (non-hydrogen) atoms. The van der Waals surface area contributed by atoms with Gasteiger partial charge >= 0.3 is 0 Å². The first kappa shape index (κ1) is 12.8. The van der Waals surface area contributed by atoms with Crippen LogP contribution in [0.2, 0.25) is 19.6 Å². The Labute approximate surface area is 108 Å². The normalized spacial score (nSPS) is 11.3. The van der Waals surface area contributed by atoms with Crippen LogP contribution < -0.4 is 0 Å². The largest absolute Gasteiger partial charge is 0.271 e. The van der Waals surface area contributed by atoms with E-state index in [2.05, 4.69) is 36.2 Å². The van der Waals surface area contributed by atoms with Crippen molar-refractivity contribution >= 4 is 19.0 Å². The Balaban J connectivity index is 2.06. The summed E-state index contributed by atoms with van der Waals surface area (Å²) in [5.74, 6) is 2.96. The van der Waals surface area contributed by atoms with Gasteiger partial charge < -0.3 is 0 Å². The van der Waals surface area contributed by atoms with E-state index >= 15 is 0 Å². The number of benzene rings is 1. The van der Waals surface area contributed by atoms with Gasteiger partial charge in [0.25, 0.3) is 0 Å². The lowest BCUT2D eigenvalue weighted by Crippen LogP contribution is -2.16. The van der Waals surface area contributed by atoms with Gasteiger partial charge in [0.15, 0.2) is 0 Å². The van der Waals surface area contributed by atoms with E-state index in [4.69, 9.17) is 0 Å². The molecule has 0 aliphatic heterocycles. The van der Waals surface area contributed by atoms with Crippen LogP contribution in [-0.4, -0.2) is 17.9 Å². The standard InChI is InChI=1S/C14H17FN2Si/c1-18(2,3)9-5-4-8-17-11-12-6-7-13(15)10-14(12)16-17/h6-7,10-11H,4,8H2,1-3H3. The second-order valence-corrected chi connectivity index (χ2v) is 10.1.